The number of nitrogen functional groups attached to an aromatic ring is 1. The average molecular weight is 309 g/mol. The summed E-state index contributed by atoms with van der Waals surface area (Å²) in [6.45, 7) is 2.09. The molecule has 0 atom stereocenters. The van der Waals surface area contributed by atoms with E-state index in [1.54, 1.807) is 0 Å². The van der Waals surface area contributed by atoms with Crippen LogP contribution in [0.15, 0.2) is 34.8 Å². The molecule has 0 bridgehead atoms. The molecule has 0 saturated carbocycles. The van der Waals surface area contributed by atoms with Crippen molar-refractivity contribution >= 4 is 27.8 Å². The van der Waals surface area contributed by atoms with Gasteiger partial charge in [-0.05, 0) is 30.2 Å². The molecule has 0 saturated heterocycles. The minimum Gasteiger partial charge on any atom is -0.397 e. The Hall–Kier alpha value is -1.84. The summed E-state index contributed by atoms with van der Waals surface area (Å²) in [4.78, 5) is 19.6. The molecule has 94 valence electrons. The van der Waals surface area contributed by atoms with Crippen LogP contribution < -0.4 is 5.73 Å². The molecule has 18 heavy (non-hydrogen) atoms. The predicted molar refractivity (Wildman–Crippen MR) is 72.7 cm³/mol. The lowest BCUT2D eigenvalue weighted by Gasteiger charge is -1.97. The van der Waals surface area contributed by atoms with E-state index in [0.29, 0.717) is 0 Å². The van der Waals surface area contributed by atoms with E-state index in [2.05, 4.69) is 40.0 Å². The number of hydrogen-bond donors (Lipinski definition) is 2. The molecule has 0 unspecified atom stereocenters. The number of aromatic nitrogens is 1. The smallest absolute Gasteiger partial charge is 0.373 e. The summed E-state index contributed by atoms with van der Waals surface area (Å²) >= 11 is 3.42. The molecule has 0 fully saturated rings. The van der Waals surface area contributed by atoms with Crippen LogP contribution >= 0.6 is 15.9 Å². The lowest BCUT2D eigenvalue weighted by molar-refractivity contribution is -0.191. The van der Waals surface area contributed by atoms with Gasteiger partial charge in [0, 0.05) is 15.9 Å². The Morgan fingerprint density at radius 2 is 1.83 bits per heavy atom. The number of benzene rings is 1. The first-order valence-electron chi connectivity index (χ1n) is 5.35. The standard InChI is InChI=1S/C12H13BrN2.CO2/c1-2-11-10(14)7-12(15-11)8-3-5-9(13)6-4-8;2-1-3/h3-7,15H,2,14H2,1H3;. The number of H-pyrrole nitrogens is 1. The number of nitrogens with one attached hydrogen (secondary N) is 1. The van der Waals surface area contributed by atoms with Crippen LogP contribution in [0.1, 0.15) is 12.6 Å². The average Bonchev–Trinajstić information content (AvgIpc) is 2.72. The molecule has 0 aliphatic rings. The molecular formula is C13H13BrN2O2. The van der Waals surface area contributed by atoms with Crippen LogP contribution in [0.2, 0.25) is 0 Å². The first kappa shape index (κ1) is 14.2. The van der Waals surface area contributed by atoms with Gasteiger partial charge in [-0.3, -0.25) is 0 Å². The van der Waals surface area contributed by atoms with Crippen LogP contribution in [0.25, 0.3) is 11.3 Å². The molecule has 0 spiro atoms. The van der Waals surface area contributed by atoms with Gasteiger partial charge in [0.2, 0.25) is 0 Å². The van der Waals surface area contributed by atoms with Gasteiger partial charge in [0.25, 0.3) is 0 Å². The van der Waals surface area contributed by atoms with Gasteiger partial charge >= 0.3 is 6.15 Å². The van der Waals surface area contributed by atoms with E-state index in [1.165, 1.54) is 0 Å². The van der Waals surface area contributed by atoms with Crippen LogP contribution in [0.4, 0.5) is 5.69 Å². The van der Waals surface area contributed by atoms with Crippen molar-refractivity contribution in [3.05, 3.63) is 40.5 Å². The van der Waals surface area contributed by atoms with Gasteiger partial charge < -0.3 is 10.7 Å². The lowest BCUT2D eigenvalue weighted by Crippen LogP contribution is -1.87. The van der Waals surface area contributed by atoms with Crippen molar-refractivity contribution in [2.24, 2.45) is 0 Å². The van der Waals surface area contributed by atoms with Crippen LogP contribution in [-0.4, -0.2) is 11.1 Å². The fourth-order valence-corrected chi connectivity index (χ4v) is 1.86. The summed E-state index contributed by atoms with van der Waals surface area (Å²) in [6.07, 6.45) is 1.18. The minimum absolute atomic E-state index is 0.250. The largest absolute Gasteiger partial charge is 0.397 e. The maximum atomic E-state index is 8.12. The third kappa shape index (κ3) is 3.58. The summed E-state index contributed by atoms with van der Waals surface area (Å²) in [7, 11) is 0. The molecule has 2 rings (SSSR count). The molecule has 2 aromatic rings. The summed E-state index contributed by atoms with van der Waals surface area (Å²) < 4.78 is 1.08. The maximum absolute atomic E-state index is 8.12. The molecule has 0 aliphatic heterocycles. The van der Waals surface area contributed by atoms with Crippen molar-refractivity contribution in [1.82, 2.24) is 4.98 Å². The van der Waals surface area contributed by atoms with Gasteiger partial charge in [0.05, 0.1) is 5.69 Å². The Labute approximate surface area is 113 Å². The molecular weight excluding hydrogens is 296 g/mol. The number of hydrogen-bond acceptors (Lipinski definition) is 3. The van der Waals surface area contributed by atoms with Crippen molar-refractivity contribution in [1.29, 1.82) is 0 Å². The molecule has 0 radical (unpaired) electrons. The van der Waals surface area contributed by atoms with E-state index in [4.69, 9.17) is 15.3 Å². The van der Waals surface area contributed by atoms with Crippen LogP contribution in [0.5, 0.6) is 0 Å². The Kier molecular flexibility index (Phi) is 5.36. The number of aromatic amines is 1. The summed E-state index contributed by atoms with van der Waals surface area (Å²) in [5.41, 5.74) is 10.1. The van der Waals surface area contributed by atoms with Gasteiger partial charge in [-0.25, -0.2) is 0 Å². The number of nitrogens with two attached hydrogens (primary N) is 1. The molecule has 1 heterocycles. The summed E-state index contributed by atoms with van der Waals surface area (Å²) in [5, 5.41) is 0. The second kappa shape index (κ2) is 6.79. The van der Waals surface area contributed by atoms with Gasteiger partial charge in [-0.15, -0.1) is 0 Å². The molecule has 0 amide bonds. The van der Waals surface area contributed by atoms with E-state index in [9.17, 15) is 0 Å². The topological polar surface area (TPSA) is 76.0 Å². The van der Waals surface area contributed by atoms with Gasteiger partial charge in [-0.1, -0.05) is 35.0 Å². The van der Waals surface area contributed by atoms with Gasteiger partial charge in [0.1, 0.15) is 0 Å². The van der Waals surface area contributed by atoms with Gasteiger partial charge in [0.15, 0.2) is 0 Å². The van der Waals surface area contributed by atoms with E-state index in [1.807, 2.05) is 18.2 Å². The van der Waals surface area contributed by atoms with Crippen molar-refractivity contribution in [3.8, 4) is 11.3 Å². The molecule has 1 aromatic carbocycles. The first-order valence-corrected chi connectivity index (χ1v) is 6.14. The monoisotopic (exact) mass is 308 g/mol. The van der Waals surface area contributed by atoms with Crippen molar-refractivity contribution in [2.45, 2.75) is 13.3 Å². The van der Waals surface area contributed by atoms with Crippen LogP contribution in [0, 0.1) is 0 Å². The van der Waals surface area contributed by atoms with E-state index >= 15 is 0 Å². The van der Waals surface area contributed by atoms with Crippen molar-refractivity contribution < 1.29 is 9.59 Å². The van der Waals surface area contributed by atoms with Gasteiger partial charge in [-0.2, -0.15) is 9.59 Å². The Morgan fingerprint density at radius 1 is 1.28 bits per heavy atom. The highest BCUT2D eigenvalue weighted by molar-refractivity contribution is 9.10. The third-order valence-corrected chi connectivity index (χ3v) is 2.97. The zero-order valence-corrected chi connectivity index (χ0v) is 11.5. The fraction of sp³-hybridized carbons (Fsp3) is 0.154. The molecule has 5 heteroatoms. The normalized spacial score (nSPS) is 9.22. The quantitative estimate of drug-likeness (QED) is 0.895. The Morgan fingerprint density at radius 3 is 2.28 bits per heavy atom. The zero-order valence-electron chi connectivity index (χ0n) is 9.87. The Balaban J connectivity index is 0.000000492. The number of aryl methyl sites for hydroxylation is 1. The van der Waals surface area contributed by atoms with Crippen molar-refractivity contribution in [2.75, 3.05) is 5.73 Å². The predicted octanol–water partition coefficient (Wildman–Crippen LogP) is 3.01. The lowest BCUT2D eigenvalue weighted by atomic mass is 10.1. The number of anilines is 1. The van der Waals surface area contributed by atoms with Crippen LogP contribution in [-0.2, 0) is 16.0 Å². The molecule has 4 nitrogen and oxygen atoms in total. The highest BCUT2D eigenvalue weighted by Gasteiger charge is 2.04. The zero-order chi connectivity index (χ0) is 13.5. The number of rotatable bonds is 2. The number of halogens is 1. The first-order chi connectivity index (χ1) is 8.62. The second-order valence-corrected chi connectivity index (χ2v) is 4.48. The molecule has 0 aliphatic carbocycles. The molecule has 1 aromatic heterocycles. The maximum Gasteiger partial charge on any atom is 0.373 e. The van der Waals surface area contributed by atoms with E-state index in [0.717, 1.165) is 33.5 Å². The highest BCUT2D eigenvalue weighted by Crippen LogP contribution is 2.25. The SMILES string of the molecule is CCc1[nH]c(-c2ccc(Br)cc2)cc1N.O=C=O. The van der Waals surface area contributed by atoms with Crippen LogP contribution in [0.3, 0.4) is 0 Å². The van der Waals surface area contributed by atoms with E-state index in [-0.39, 0.29) is 6.15 Å². The fourth-order valence-electron chi connectivity index (χ4n) is 1.59. The highest BCUT2D eigenvalue weighted by atomic mass is 79.9. The Bertz CT molecular complexity index is 541. The second-order valence-electron chi connectivity index (χ2n) is 3.56. The van der Waals surface area contributed by atoms with E-state index < -0.39 is 0 Å². The summed E-state index contributed by atoms with van der Waals surface area (Å²) in [6, 6.07) is 10.2. The minimum atomic E-state index is 0.250. The molecule has 3 N–H and O–H groups in total. The van der Waals surface area contributed by atoms with Crippen molar-refractivity contribution in [3.63, 3.8) is 0 Å². The number of carbonyl (C=O) groups excluding carboxylic acids is 2. The summed E-state index contributed by atoms with van der Waals surface area (Å²) in [5.74, 6) is 0. The third-order valence-electron chi connectivity index (χ3n) is 2.44.